The first kappa shape index (κ1) is 4.65. The van der Waals surface area contributed by atoms with Crippen molar-refractivity contribution >= 4 is 18.0 Å². The van der Waals surface area contributed by atoms with Crippen molar-refractivity contribution in [3.63, 3.8) is 0 Å². The summed E-state index contributed by atoms with van der Waals surface area (Å²) < 4.78 is 0. The van der Waals surface area contributed by atoms with Gasteiger partial charge >= 0.3 is 0 Å². The molecule has 38 valence electrons. The summed E-state index contributed by atoms with van der Waals surface area (Å²) >= 11 is 5.21. The largest absolute Gasteiger partial charge is 0.301 e. The van der Waals surface area contributed by atoms with Crippen LogP contribution in [0.15, 0.2) is 16.8 Å². The van der Waals surface area contributed by atoms with E-state index in [9.17, 15) is 0 Å². The molecule has 0 unspecified atom stereocenters. The van der Waals surface area contributed by atoms with Gasteiger partial charge in [0.05, 0.1) is 6.54 Å². The molecule has 1 N–H and O–H groups in total. The van der Waals surface area contributed by atoms with Gasteiger partial charge in [-0.2, -0.15) is 0 Å². The first-order chi connectivity index (χ1) is 3.43. The minimum absolute atomic E-state index is 0.698. The number of hydrogen-bond acceptors (Lipinski definition) is 2. The van der Waals surface area contributed by atoms with Crippen LogP contribution in [0.4, 0.5) is 0 Å². The van der Waals surface area contributed by atoms with Gasteiger partial charge in [0.25, 0.3) is 0 Å². The van der Waals surface area contributed by atoms with Gasteiger partial charge < -0.3 is 4.84 Å². The van der Waals surface area contributed by atoms with E-state index in [2.05, 4.69) is 9.83 Å². The summed E-state index contributed by atoms with van der Waals surface area (Å²) in [5.41, 5.74) is 0.960. The molecule has 7 heavy (non-hydrogen) atoms. The molecular weight excluding hydrogens is 112 g/mol. The van der Waals surface area contributed by atoms with Crippen molar-refractivity contribution in [2.75, 3.05) is 6.54 Å². The second-order valence-corrected chi connectivity index (χ2v) is 1.47. The minimum Gasteiger partial charge on any atom is -0.301 e. The quantitative estimate of drug-likeness (QED) is 0.501. The molecule has 0 saturated heterocycles. The van der Waals surface area contributed by atoms with Crippen LogP contribution in [0.3, 0.4) is 0 Å². The van der Waals surface area contributed by atoms with E-state index < -0.39 is 0 Å². The summed E-state index contributed by atoms with van der Waals surface area (Å²) in [5.74, 6) is 0. The van der Waals surface area contributed by atoms with Crippen molar-refractivity contribution in [2.24, 2.45) is 4.99 Å². The van der Waals surface area contributed by atoms with Gasteiger partial charge in [0.2, 0.25) is 0 Å². The van der Waals surface area contributed by atoms with Gasteiger partial charge in [-0.25, -0.2) is 0 Å². The summed E-state index contributed by atoms with van der Waals surface area (Å²) in [5, 5.41) is 0. The summed E-state index contributed by atoms with van der Waals surface area (Å²) in [4.78, 5) is 6.34. The zero-order valence-corrected chi connectivity index (χ0v) is 4.44. The van der Waals surface area contributed by atoms with E-state index in [-0.39, 0.29) is 0 Å². The molecule has 0 radical (unpaired) electrons. The first-order valence-corrected chi connectivity index (χ1v) is 2.37. The molecule has 2 nitrogen and oxygen atoms in total. The SMILES string of the molecule is ClNC1=CC=NC1. The summed E-state index contributed by atoms with van der Waals surface area (Å²) in [6.07, 6.45) is 3.57. The Labute approximate surface area is 47.0 Å². The lowest BCUT2D eigenvalue weighted by atomic mass is 10.5. The lowest BCUT2D eigenvalue weighted by molar-refractivity contribution is 1.08. The van der Waals surface area contributed by atoms with Gasteiger partial charge in [0.15, 0.2) is 0 Å². The van der Waals surface area contributed by atoms with Crippen molar-refractivity contribution in [1.82, 2.24) is 4.84 Å². The normalized spacial score (nSPS) is 17.0. The highest BCUT2D eigenvalue weighted by Crippen LogP contribution is 1.95. The molecule has 1 heterocycles. The monoisotopic (exact) mass is 116 g/mol. The predicted molar refractivity (Wildman–Crippen MR) is 30.4 cm³/mol. The van der Waals surface area contributed by atoms with Crippen LogP contribution in [0, 0.1) is 0 Å². The number of aliphatic imine (C=N–C) groups is 1. The molecule has 0 aromatic heterocycles. The fourth-order valence-corrected chi connectivity index (χ4v) is 0.531. The van der Waals surface area contributed by atoms with E-state index in [1.807, 2.05) is 6.08 Å². The van der Waals surface area contributed by atoms with Gasteiger partial charge in [0.1, 0.15) is 0 Å². The highest BCUT2D eigenvalue weighted by Gasteiger charge is 1.93. The number of allylic oxidation sites excluding steroid dienone is 1. The van der Waals surface area contributed by atoms with Gasteiger partial charge in [-0.05, 0) is 6.08 Å². The van der Waals surface area contributed by atoms with Gasteiger partial charge in [-0.15, -0.1) is 0 Å². The molecule has 0 aromatic rings. The predicted octanol–water partition coefficient (Wildman–Crippen LogP) is 0.698. The Bertz CT molecular complexity index is 117. The van der Waals surface area contributed by atoms with Crippen molar-refractivity contribution in [2.45, 2.75) is 0 Å². The summed E-state index contributed by atoms with van der Waals surface area (Å²) in [7, 11) is 0. The molecule has 0 spiro atoms. The fraction of sp³-hybridized carbons (Fsp3) is 0.250. The molecule has 1 rings (SSSR count). The molecular formula is C4H5ClN2. The Morgan fingerprint density at radius 1 is 1.86 bits per heavy atom. The van der Waals surface area contributed by atoms with E-state index in [1.54, 1.807) is 6.21 Å². The fourth-order valence-electron chi connectivity index (χ4n) is 0.408. The van der Waals surface area contributed by atoms with Crippen LogP contribution in [-0.2, 0) is 0 Å². The van der Waals surface area contributed by atoms with Crippen molar-refractivity contribution < 1.29 is 0 Å². The average Bonchev–Trinajstić information content (AvgIpc) is 2.14. The standard InChI is InChI=1S/C4H5ClN2/c5-7-4-1-2-6-3-4/h1-2,7H,3H2. The number of hydrogen-bond donors (Lipinski definition) is 1. The van der Waals surface area contributed by atoms with E-state index in [0.29, 0.717) is 6.54 Å². The second kappa shape index (κ2) is 1.98. The third-order valence-corrected chi connectivity index (χ3v) is 1.01. The zero-order chi connectivity index (χ0) is 5.11. The Kier molecular flexibility index (Phi) is 1.32. The van der Waals surface area contributed by atoms with Crippen molar-refractivity contribution in [3.8, 4) is 0 Å². The third kappa shape index (κ3) is 0.933. The van der Waals surface area contributed by atoms with Crippen LogP contribution < -0.4 is 4.84 Å². The maximum atomic E-state index is 5.21. The van der Waals surface area contributed by atoms with Crippen LogP contribution in [0.2, 0.25) is 0 Å². The van der Waals surface area contributed by atoms with Gasteiger partial charge in [-0.1, -0.05) is 0 Å². The van der Waals surface area contributed by atoms with Gasteiger partial charge in [0, 0.05) is 23.7 Å². The molecule has 0 aliphatic carbocycles. The number of rotatable bonds is 1. The maximum Gasteiger partial charge on any atom is 0.0799 e. The average molecular weight is 117 g/mol. The number of nitrogens with one attached hydrogen (secondary N) is 1. The van der Waals surface area contributed by atoms with Gasteiger partial charge in [-0.3, -0.25) is 4.99 Å². The molecule has 1 aliphatic heterocycles. The molecule has 0 amide bonds. The summed E-state index contributed by atoms with van der Waals surface area (Å²) in [6.45, 7) is 0.698. The van der Waals surface area contributed by atoms with Crippen LogP contribution in [0.25, 0.3) is 0 Å². The van der Waals surface area contributed by atoms with Crippen LogP contribution >= 0.6 is 11.8 Å². The molecule has 0 atom stereocenters. The number of halogens is 1. The zero-order valence-electron chi connectivity index (χ0n) is 3.69. The van der Waals surface area contributed by atoms with E-state index in [4.69, 9.17) is 11.8 Å². The van der Waals surface area contributed by atoms with E-state index >= 15 is 0 Å². The molecule has 1 aliphatic rings. The molecule has 0 bridgehead atoms. The lowest BCUT2D eigenvalue weighted by Crippen LogP contribution is -1.97. The lowest BCUT2D eigenvalue weighted by Gasteiger charge is -1.89. The molecule has 0 fully saturated rings. The Morgan fingerprint density at radius 3 is 3.00 bits per heavy atom. The van der Waals surface area contributed by atoms with Crippen molar-refractivity contribution in [1.29, 1.82) is 0 Å². The first-order valence-electron chi connectivity index (χ1n) is 1.99. The smallest absolute Gasteiger partial charge is 0.0799 e. The second-order valence-electron chi connectivity index (χ2n) is 1.28. The topological polar surface area (TPSA) is 24.4 Å². The Balaban J connectivity index is 2.45. The maximum absolute atomic E-state index is 5.21. The summed E-state index contributed by atoms with van der Waals surface area (Å²) in [6, 6.07) is 0. The van der Waals surface area contributed by atoms with Crippen LogP contribution in [-0.4, -0.2) is 12.8 Å². The third-order valence-electron chi connectivity index (χ3n) is 0.764. The Hall–Kier alpha value is -0.500. The highest BCUT2D eigenvalue weighted by molar-refractivity contribution is 6.14. The number of nitrogens with zero attached hydrogens (tertiary/aromatic N) is 1. The minimum atomic E-state index is 0.698. The molecule has 3 heteroatoms. The van der Waals surface area contributed by atoms with Crippen LogP contribution in [0.5, 0.6) is 0 Å². The molecule has 0 saturated carbocycles. The highest BCUT2D eigenvalue weighted by atomic mass is 35.5. The van der Waals surface area contributed by atoms with E-state index in [0.717, 1.165) is 5.70 Å². The van der Waals surface area contributed by atoms with E-state index in [1.165, 1.54) is 0 Å². The van der Waals surface area contributed by atoms with Crippen LogP contribution in [0.1, 0.15) is 0 Å². The Morgan fingerprint density at radius 2 is 2.71 bits per heavy atom. The molecule has 0 aromatic carbocycles. The van der Waals surface area contributed by atoms with Crippen molar-refractivity contribution in [3.05, 3.63) is 11.8 Å².